The van der Waals surface area contributed by atoms with Crippen molar-refractivity contribution >= 4 is 68.6 Å². The topological polar surface area (TPSA) is 9.72 Å². The van der Waals surface area contributed by atoms with E-state index in [1.165, 1.54) is 141 Å². The lowest BCUT2D eigenvalue weighted by atomic mass is 9.33. The summed E-state index contributed by atoms with van der Waals surface area (Å²) in [6, 6.07) is 84.8. The zero-order chi connectivity index (χ0) is 60.2. The second-order valence-corrected chi connectivity index (χ2v) is 30.0. The van der Waals surface area contributed by atoms with Crippen LogP contribution < -0.4 is 31.1 Å². The van der Waals surface area contributed by atoms with Crippen molar-refractivity contribution in [2.24, 2.45) is 0 Å². The van der Waals surface area contributed by atoms with Crippen molar-refractivity contribution in [1.82, 2.24) is 0 Å². The molecule has 0 amide bonds. The van der Waals surface area contributed by atoms with Crippen LogP contribution in [0, 0.1) is 0 Å². The van der Waals surface area contributed by atoms with E-state index in [9.17, 15) is 0 Å². The Bertz CT molecular complexity index is 4350. The fourth-order valence-electron chi connectivity index (χ4n) is 16.9. The first-order valence-electron chi connectivity index (χ1n) is 32.2. The van der Waals surface area contributed by atoms with Gasteiger partial charge in [0.05, 0.1) is 11.2 Å². The van der Waals surface area contributed by atoms with E-state index >= 15 is 0 Å². The van der Waals surface area contributed by atoms with Gasteiger partial charge in [-0.2, -0.15) is 0 Å². The van der Waals surface area contributed by atoms with Crippen LogP contribution in [-0.4, -0.2) is 12.3 Å². The van der Waals surface area contributed by atoms with Gasteiger partial charge >= 0.3 is 0 Å². The number of benzene rings is 10. The highest BCUT2D eigenvalue weighted by atomic mass is 15.3. The van der Waals surface area contributed by atoms with Gasteiger partial charge in [0.1, 0.15) is 0 Å². The molecule has 0 aromatic heterocycles. The molecule has 0 bridgehead atoms. The van der Waals surface area contributed by atoms with E-state index in [1.54, 1.807) is 0 Å². The van der Waals surface area contributed by atoms with E-state index in [-0.39, 0.29) is 39.3 Å². The van der Waals surface area contributed by atoms with Crippen LogP contribution in [0.25, 0.3) is 44.5 Å². The molecule has 1 fully saturated rings. The van der Waals surface area contributed by atoms with Crippen molar-refractivity contribution in [3.05, 3.63) is 246 Å². The number of rotatable bonds is 7. The zero-order valence-corrected chi connectivity index (χ0v) is 53.2. The van der Waals surface area contributed by atoms with Gasteiger partial charge in [-0.3, -0.25) is 0 Å². The second-order valence-electron chi connectivity index (χ2n) is 30.0. The Morgan fingerprint density at radius 1 is 0.356 bits per heavy atom. The molecule has 3 heterocycles. The lowest BCUT2D eigenvalue weighted by molar-refractivity contribution is 0.195. The number of fused-ring (bicyclic) bond motifs is 8. The average molecular weight is 1130 g/mol. The standard InChI is InChI=1S/C83H82BN3/c1-78(2,3)61-36-30-57(31-37-61)59-34-41-72-68(46-59)82(11)44-22-23-45-83(82,12)87(72)64-49-75-77-76(50-64)86(71-43-38-62(79(4,5)6)48-65(71)58-28-20-15-21-29-58)74-52-67-66(80(7,8)53-81(67,9)10)51-70(74)84(77)69-47-60(55-26-18-14-19-27-55)35-42-73(69)85(75)63-39-32-56(33-40-63)54-24-16-13-17-25-54/h13-21,24-43,46-52H,22-23,44-45,53H2,1-12H3. The highest BCUT2D eigenvalue weighted by molar-refractivity contribution is 7.00. The number of anilines is 8. The van der Waals surface area contributed by atoms with E-state index in [0.29, 0.717) is 0 Å². The summed E-state index contributed by atoms with van der Waals surface area (Å²) in [4.78, 5) is 8.23. The summed E-state index contributed by atoms with van der Waals surface area (Å²) in [7, 11) is 0. The fourth-order valence-corrected chi connectivity index (χ4v) is 16.9. The lowest BCUT2D eigenvalue weighted by Gasteiger charge is -2.51. The molecule has 0 radical (unpaired) electrons. The number of hydrogen-bond acceptors (Lipinski definition) is 3. The molecule has 2 aliphatic carbocycles. The third-order valence-corrected chi connectivity index (χ3v) is 21.5. The molecule has 2 atom stereocenters. The molecular formula is C83H82BN3. The predicted molar refractivity (Wildman–Crippen MR) is 373 cm³/mol. The molecule has 432 valence electrons. The third kappa shape index (κ3) is 8.65. The van der Waals surface area contributed by atoms with Gasteiger partial charge in [0.15, 0.2) is 0 Å². The molecule has 87 heavy (non-hydrogen) atoms. The molecule has 2 unspecified atom stereocenters. The summed E-state index contributed by atoms with van der Waals surface area (Å²) < 4.78 is 0. The monoisotopic (exact) mass is 1130 g/mol. The molecule has 15 rings (SSSR count). The van der Waals surface area contributed by atoms with Gasteiger partial charge in [-0.15, -0.1) is 0 Å². The minimum Gasteiger partial charge on any atom is -0.334 e. The Hall–Kier alpha value is -8.34. The van der Waals surface area contributed by atoms with Gasteiger partial charge in [0.2, 0.25) is 0 Å². The van der Waals surface area contributed by atoms with Gasteiger partial charge in [0, 0.05) is 50.8 Å². The molecule has 0 N–H and O–H groups in total. The summed E-state index contributed by atoms with van der Waals surface area (Å²) in [6.45, 7) is 29.1. The number of nitrogens with zero attached hydrogens (tertiary/aromatic N) is 3. The molecule has 4 heteroatoms. The maximum absolute atomic E-state index is 2.84. The fraction of sp³-hybridized carbons (Fsp3) is 0.277. The molecule has 3 nitrogen and oxygen atoms in total. The van der Waals surface area contributed by atoms with Gasteiger partial charge in [-0.25, -0.2) is 0 Å². The van der Waals surface area contributed by atoms with Gasteiger partial charge in [-0.05, 0) is 192 Å². The molecule has 5 aliphatic rings. The van der Waals surface area contributed by atoms with Crippen LogP contribution in [-0.2, 0) is 27.1 Å². The first-order chi connectivity index (χ1) is 41.6. The van der Waals surface area contributed by atoms with Crippen LogP contribution in [0.2, 0.25) is 0 Å². The summed E-state index contributed by atoms with van der Waals surface area (Å²) in [5.74, 6) is 0. The Labute approximate surface area is 518 Å². The minimum atomic E-state index is -0.223. The first kappa shape index (κ1) is 55.3. The Morgan fingerprint density at radius 2 is 0.839 bits per heavy atom. The molecule has 3 aliphatic heterocycles. The minimum absolute atomic E-state index is 0.0217. The van der Waals surface area contributed by atoms with Crippen LogP contribution >= 0.6 is 0 Å². The van der Waals surface area contributed by atoms with Gasteiger partial charge in [0.25, 0.3) is 6.71 Å². The van der Waals surface area contributed by atoms with Crippen LogP contribution in [0.1, 0.15) is 143 Å². The van der Waals surface area contributed by atoms with E-state index in [4.69, 9.17) is 0 Å². The van der Waals surface area contributed by atoms with E-state index in [1.807, 2.05) is 0 Å². The lowest BCUT2D eigenvalue weighted by Crippen LogP contribution is -2.62. The van der Waals surface area contributed by atoms with Crippen molar-refractivity contribution in [3.8, 4) is 44.5 Å². The maximum atomic E-state index is 2.84. The Balaban J connectivity index is 1.06. The third-order valence-electron chi connectivity index (χ3n) is 21.5. The van der Waals surface area contributed by atoms with Crippen molar-refractivity contribution in [2.75, 3.05) is 14.7 Å². The second kappa shape index (κ2) is 19.6. The maximum Gasteiger partial charge on any atom is 0.252 e. The summed E-state index contributed by atoms with van der Waals surface area (Å²) in [6.07, 6.45) is 5.70. The van der Waals surface area contributed by atoms with Crippen molar-refractivity contribution < 1.29 is 0 Å². The summed E-state index contributed by atoms with van der Waals surface area (Å²) in [5, 5.41) is 0. The number of hydrogen-bond donors (Lipinski definition) is 0. The summed E-state index contributed by atoms with van der Waals surface area (Å²) in [5.41, 5.74) is 30.5. The van der Waals surface area contributed by atoms with Gasteiger partial charge < -0.3 is 14.7 Å². The summed E-state index contributed by atoms with van der Waals surface area (Å²) >= 11 is 0. The van der Waals surface area contributed by atoms with Gasteiger partial charge in [-0.1, -0.05) is 247 Å². The largest absolute Gasteiger partial charge is 0.334 e. The Kier molecular flexibility index (Phi) is 12.4. The smallest absolute Gasteiger partial charge is 0.252 e. The van der Waals surface area contributed by atoms with Crippen molar-refractivity contribution in [3.63, 3.8) is 0 Å². The molecule has 0 saturated heterocycles. The molecule has 10 aromatic carbocycles. The first-order valence-corrected chi connectivity index (χ1v) is 32.2. The quantitative estimate of drug-likeness (QED) is 0.147. The van der Waals surface area contributed by atoms with Crippen LogP contribution in [0.5, 0.6) is 0 Å². The Morgan fingerprint density at radius 3 is 1.47 bits per heavy atom. The normalized spacial score (nSPS) is 19.4. The van der Waals surface area contributed by atoms with Crippen molar-refractivity contribution in [2.45, 2.75) is 148 Å². The highest BCUT2D eigenvalue weighted by Crippen LogP contribution is 2.63. The highest BCUT2D eigenvalue weighted by Gasteiger charge is 2.58. The van der Waals surface area contributed by atoms with Crippen LogP contribution in [0.15, 0.2) is 218 Å². The van der Waals surface area contributed by atoms with E-state index < -0.39 is 0 Å². The van der Waals surface area contributed by atoms with Crippen molar-refractivity contribution in [1.29, 1.82) is 0 Å². The predicted octanol–water partition coefficient (Wildman–Crippen LogP) is 20.7. The molecule has 10 aromatic rings. The zero-order valence-electron chi connectivity index (χ0n) is 53.2. The van der Waals surface area contributed by atoms with E-state index in [0.717, 1.165) is 24.9 Å². The van der Waals surface area contributed by atoms with Crippen LogP contribution in [0.4, 0.5) is 45.5 Å². The SMILES string of the molecule is CC(C)(C)c1ccc(-c2ccc3c(c2)C2(C)CCCCC2(C)N3c2cc3c4c(c2)N(c2ccc(C(C)(C)C)cc2-c2ccccc2)c2cc5c(cc2B4c2cc(-c4ccccc4)ccc2N3c2ccc(-c3ccccc3)cc2)C(C)(C)CC5(C)C)cc1. The molecule has 1 saturated carbocycles. The van der Waals surface area contributed by atoms with E-state index in [2.05, 4.69) is 316 Å². The van der Waals surface area contributed by atoms with Crippen LogP contribution in [0.3, 0.4) is 0 Å². The average Bonchev–Trinajstić information content (AvgIpc) is 1.69. The molecule has 0 spiro atoms. The molecular weight excluding hydrogens is 1050 g/mol.